The maximum absolute atomic E-state index is 5.92. The van der Waals surface area contributed by atoms with Crippen LogP contribution in [-0.4, -0.2) is 24.8 Å². The van der Waals surface area contributed by atoms with Gasteiger partial charge in [-0.25, -0.2) is 0 Å². The van der Waals surface area contributed by atoms with Crippen molar-refractivity contribution >= 4 is 0 Å². The first-order valence-corrected chi connectivity index (χ1v) is 6.39. The molecule has 0 spiro atoms. The zero-order valence-electron chi connectivity index (χ0n) is 11.3. The van der Waals surface area contributed by atoms with Crippen LogP contribution in [0.3, 0.4) is 0 Å². The van der Waals surface area contributed by atoms with Crippen molar-refractivity contribution in [2.45, 2.75) is 45.8 Å². The van der Waals surface area contributed by atoms with Crippen LogP contribution >= 0.6 is 0 Å². The van der Waals surface area contributed by atoms with E-state index in [-0.39, 0.29) is 5.54 Å². The molecule has 1 fully saturated rings. The molecule has 94 valence electrons. The molecular formula is C15H23NO. The summed E-state index contributed by atoms with van der Waals surface area (Å²) < 4.78 is 5.92. The second-order valence-electron chi connectivity index (χ2n) is 5.83. The van der Waals surface area contributed by atoms with Crippen LogP contribution in [0.2, 0.25) is 0 Å². The number of hydrogen-bond donors (Lipinski definition) is 1. The van der Waals surface area contributed by atoms with Crippen molar-refractivity contribution in [1.82, 2.24) is 5.32 Å². The maximum Gasteiger partial charge on any atom is 0.0740 e. The summed E-state index contributed by atoms with van der Waals surface area (Å²) in [6, 6.07) is 6.66. The normalized spacial score (nSPS) is 23.6. The summed E-state index contributed by atoms with van der Waals surface area (Å²) >= 11 is 0. The summed E-state index contributed by atoms with van der Waals surface area (Å²) in [7, 11) is 0. The third kappa shape index (κ3) is 3.30. The fraction of sp³-hybridized carbons (Fsp3) is 0.600. The highest BCUT2D eigenvalue weighted by molar-refractivity contribution is 5.30. The number of rotatable bonds is 2. The summed E-state index contributed by atoms with van der Waals surface area (Å²) in [6.07, 6.45) is 1.32. The summed E-state index contributed by atoms with van der Waals surface area (Å²) in [4.78, 5) is 0. The highest BCUT2D eigenvalue weighted by atomic mass is 16.5. The van der Waals surface area contributed by atoms with E-state index >= 15 is 0 Å². The molecule has 1 heterocycles. The minimum absolute atomic E-state index is 0.124. The largest absolute Gasteiger partial charge is 0.375 e. The lowest BCUT2D eigenvalue weighted by Crippen LogP contribution is -2.53. The lowest BCUT2D eigenvalue weighted by Gasteiger charge is -2.36. The van der Waals surface area contributed by atoms with Crippen LogP contribution in [0.25, 0.3) is 0 Å². The second kappa shape index (κ2) is 4.79. The molecule has 1 unspecified atom stereocenters. The first-order chi connectivity index (χ1) is 7.96. The van der Waals surface area contributed by atoms with E-state index in [9.17, 15) is 0 Å². The first kappa shape index (κ1) is 12.6. The number of aryl methyl sites for hydroxylation is 2. The van der Waals surface area contributed by atoms with E-state index in [1.807, 2.05) is 0 Å². The van der Waals surface area contributed by atoms with E-state index in [4.69, 9.17) is 4.74 Å². The van der Waals surface area contributed by atoms with Gasteiger partial charge in [-0.2, -0.15) is 0 Å². The first-order valence-electron chi connectivity index (χ1n) is 6.39. The van der Waals surface area contributed by atoms with Crippen molar-refractivity contribution in [3.63, 3.8) is 0 Å². The van der Waals surface area contributed by atoms with E-state index in [0.717, 1.165) is 19.6 Å². The fourth-order valence-corrected chi connectivity index (χ4v) is 2.28. The van der Waals surface area contributed by atoms with Gasteiger partial charge in [0.05, 0.1) is 12.7 Å². The summed E-state index contributed by atoms with van der Waals surface area (Å²) in [5.74, 6) is 0. The van der Waals surface area contributed by atoms with Gasteiger partial charge in [-0.1, -0.05) is 23.8 Å². The van der Waals surface area contributed by atoms with E-state index in [0.29, 0.717) is 6.10 Å². The molecule has 1 aromatic carbocycles. The molecular weight excluding hydrogens is 210 g/mol. The molecule has 0 aromatic heterocycles. The predicted octanol–water partition coefficient (Wildman–Crippen LogP) is 2.61. The van der Waals surface area contributed by atoms with Crippen molar-refractivity contribution in [2.24, 2.45) is 0 Å². The van der Waals surface area contributed by atoms with Gasteiger partial charge in [0.1, 0.15) is 0 Å². The Bertz CT molecular complexity index is 388. The molecule has 17 heavy (non-hydrogen) atoms. The second-order valence-corrected chi connectivity index (χ2v) is 5.83. The minimum atomic E-state index is 0.124. The zero-order valence-corrected chi connectivity index (χ0v) is 11.3. The van der Waals surface area contributed by atoms with Crippen molar-refractivity contribution < 1.29 is 4.74 Å². The number of ether oxygens (including phenoxy) is 1. The van der Waals surface area contributed by atoms with Crippen LogP contribution < -0.4 is 5.32 Å². The summed E-state index contributed by atoms with van der Waals surface area (Å²) in [6.45, 7) is 10.4. The van der Waals surface area contributed by atoms with Crippen LogP contribution in [0.15, 0.2) is 18.2 Å². The molecule has 0 saturated carbocycles. The fourth-order valence-electron chi connectivity index (χ4n) is 2.28. The molecule has 0 bridgehead atoms. The molecule has 2 nitrogen and oxygen atoms in total. The minimum Gasteiger partial charge on any atom is -0.375 e. The highest BCUT2D eigenvalue weighted by Gasteiger charge is 2.26. The van der Waals surface area contributed by atoms with Gasteiger partial charge in [-0.3, -0.25) is 0 Å². The molecule has 1 aliphatic rings. The van der Waals surface area contributed by atoms with Gasteiger partial charge in [0, 0.05) is 18.5 Å². The van der Waals surface area contributed by atoms with Crippen LogP contribution in [0, 0.1) is 13.8 Å². The van der Waals surface area contributed by atoms with Crippen molar-refractivity contribution in [3.05, 3.63) is 34.9 Å². The molecule has 2 heteroatoms. The lowest BCUT2D eigenvalue weighted by atomic mass is 9.98. The van der Waals surface area contributed by atoms with Gasteiger partial charge in [0.15, 0.2) is 0 Å². The van der Waals surface area contributed by atoms with E-state index < -0.39 is 0 Å². The molecule has 0 radical (unpaired) electrons. The van der Waals surface area contributed by atoms with Gasteiger partial charge in [-0.15, -0.1) is 0 Å². The number of nitrogens with one attached hydrogen (secondary N) is 1. The monoisotopic (exact) mass is 233 g/mol. The molecule has 1 saturated heterocycles. The Morgan fingerprint density at radius 3 is 2.71 bits per heavy atom. The Balaban J connectivity index is 1.98. The van der Waals surface area contributed by atoms with Gasteiger partial charge in [0.2, 0.25) is 0 Å². The lowest BCUT2D eigenvalue weighted by molar-refractivity contribution is -0.0207. The van der Waals surface area contributed by atoms with E-state index in [1.54, 1.807) is 0 Å². The van der Waals surface area contributed by atoms with Crippen LogP contribution in [0.5, 0.6) is 0 Å². The zero-order chi connectivity index (χ0) is 12.5. The van der Waals surface area contributed by atoms with Gasteiger partial charge >= 0.3 is 0 Å². The average molecular weight is 233 g/mol. The topological polar surface area (TPSA) is 21.3 Å². The Morgan fingerprint density at radius 1 is 1.35 bits per heavy atom. The Morgan fingerprint density at radius 2 is 2.12 bits per heavy atom. The van der Waals surface area contributed by atoms with Gasteiger partial charge in [-0.05, 0) is 38.8 Å². The summed E-state index contributed by atoms with van der Waals surface area (Å²) in [5, 5.41) is 3.53. The molecule has 1 aromatic rings. The van der Waals surface area contributed by atoms with Crippen LogP contribution in [0.4, 0.5) is 0 Å². The predicted molar refractivity (Wildman–Crippen MR) is 71.4 cm³/mol. The number of benzene rings is 1. The van der Waals surface area contributed by atoms with Gasteiger partial charge in [0.25, 0.3) is 0 Å². The maximum atomic E-state index is 5.92. The Hall–Kier alpha value is -0.860. The number of morpholine rings is 1. The smallest absolute Gasteiger partial charge is 0.0740 e. The summed E-state index contributed by atoms with van der Waals surface area (Å²) in [5.41, 5.74) is 4.23. The molecule has 2 rings (SSSR count). The third-order valence-corrected chi connectivity index (χ3v) is 3.43. The standard InChI is InChI=1S/C15H23NO/c1-11-5-6-13(12(2)7-11)8-14-9-16-15(3,4)10-17-14/h5-7,14,16H,8-10H2,1-4H3. The van der Waals surface area contributed by atoms with Crippen molar-refractivity contribution in [1.29, 1.82) is 0 Å². The molecule has 1 N–H and O–H groups in total. The van der Waals surface area contributed by atoms with Crippen LogP contribution in [0.1, 0.15) is 30.5 Å². The molecule has 1 aliphatic heterocycles. The SMILES string of the molecule is Cc1ccc(CC2CNC(C)(C)CO2)c(C)c1. The van der Waals surface area contributed by atoms with E-state index in [1.165, 1.54) is 16.7 Å². The van der Waals surface area contributed by atoms with Gasteiger partial charge < -0.3 is 10.1 Å². The third-order valence-electron chi connectivity index (χ3n) is 3.43. The molecule has 0 amide bonds. The number of hydrogen-bond acceptors (Lipinski definition) is 2. The van der Waals surface area contributed by atoms with Crippen molar-refractivity contribution in [2.75, 3.05) is 13.2 Å². The van der Waals surface area contributed by atoms with Crippen molar-refractivity contribution in [3.8, 4) is 0 Å². The average Bonchev–Trinajstić information content (AvgIpc) is 2.25. The molecule has 0 aliphatic carbocycles. The highest BCUT2D eigenvalue weighted by Crippen LogP contribution is 2.17. The van der Waals surface area contributed by atoms with Crippen LogP contribution in [-0.2, 0) is 11.2 Å². The molecule has 1 atom stereocenters. The quantitative estimate of drug-likeness (QED) is 0.848. The van der Waals surface area contributed by atoms with E-state index in [2.05, 4.69) is 51.2 Å². The Labute approximate surface area is 104 Å². The Kier molecular flexibility index (Phi) is 3.55.